The number of methoxy groups -OCH3 is 1. The molecule has 0 aromatic rings. The summed E-state index contributed by atoms with van der Waals surface area (Å²) in [6.45, 7) is 7.13. The van der Waals surface area contributed by atoms with Gasteiger partial charge in [-0.3, -0.25) is 0 Å². The van der Waals surface area contributed by atoms with Gasteiger partial charge in [0.1, 0.15) is 6.54 Å². The normalized spacial score (nSPS) is 24.9. The van der Waals surface area contributed by atoms with Crippen molar-refractivity contribution in [1.29, 1.82) is 0 Å². The van der Waals surface area contributed by atoms with E-state index in [1.807, 2.05) is 0 Å². The standard InChI is InChI=1S/C10H22NO.C2F6NO4S2/c1-10-5-4-6-11(2,9-10)7-8-12-3;3-1(4,5)14(10,11)9-15(12,13)2(6,7)8/h10H,4-9H2,1-3H3;/q+1;-1. The van der Waals surface area contributed by atoms with Crippen LogP contribution in [0.3, 0.4) is 0 Å². The van der Waals surface area contributed by atoms with E-state index in [9.17, 15) is 43.2 Å². The Morgan fingerprint density at radius 1 is 1.04 bits per heavy atom. The molecule has 7 nitrogen and oxygen atoms in total. The van der Waals surface area contributed by atoms with Gasteiger partial charge in [0.05, 0.1) is 26.7 Å². The van der Waals surface area contributed by atoms with Crippen LogP contribution >= 0.6 is 0 Å². The SMILES string of the molecule is COCC[N+]1(C)CCCC(C)C1.O=S(=O)([N-]S(=O)(=O)C(F)(F)F)C(F)(F)F. The third-order valence-electron chi connectivity index (χ3n) is 3.76. The molecule has 0 aromatic heterocycles. The van der Waals surface area contributed by atoms with Gasteiger partial charge in [-0.25, -0.2) is 16.8 Å². The first-order chi connectivity index (χ1) is 11.9. The molecule has 15 heteroatoms. The molecule has 0 spiro atoms. The quantitative estimate of drug-likeness (QED) is 0.472. The highest BCUT2D eigenvalue weighted by molar-refractivity contribution is 8.13. The minimum absolute atomic E-state index is 0.778. The molecule has 1 rings (SSSR count). The lowest BCUT2D eigenvalue weighted by molar-refractivity contribution is -0.917. The number of halogens is 6. The smallest absolute Gasteiger partial charge is 0.421 e. The maximum atomic E-state index is 11.4. The lowest BCUT2D eigenvalue weighted by Gasteiger charge is -2.40. The highest BCUT2D eigenvalue weighted by atomic mass is 32.3. The van der Waals surface area contributed by atoms with Gasteiger partial charge in [-0.15, -0.1) is 0 Å². The van der Waals surface area contributed by atoms with Crippen molar-refractivity contribution < 1.29 is 52.4 Å². The molecule has 2 unspecified atom stereocenters. The van der Waals surface area contributed by atoms with Gasteiger partial charge in [0.25, 0.3) is 0 Å². The van der Waals surface area contributed by atoms with Crippen molar-refractivity contribution in [2.24, 2.45) is 5.92 Å². The summed E-state index contributed by atoms with van der Waals surface area (Å²) in [4.78, 5) is 0. The highest BCUT2D eigenvalue weighted by Crippen LogP contribution is 2.36. The molecule has 0 aliphatic carbocycles. The summed E-state index contributed by atoms with van der Waals surface area (Å²) in [5, 5.41) is 0. The summed E-state index contributed by atoms with van der Waals surface area (Å²) in [5.74, 6) is 0.903. The molecule has 1 saturated heterocycles. The van der Waals surface area contributed by atoms with Crippen molar-refractivity contribution in [3.05, 3.63) is 4.13 Å². The van der Waals surface area contributed by atoms with Crippen LogP contribution in [0.1, 0.15) is 19.8 Å². The van der Waals surface area contributed by atoms with Crippen LogP contribution < -0.4 is 0 Å². The predicted molar refractivity (Wildman–Crippen MR) is 84.4 cm³/mol. The monoisotopic (exact) mass is 452 g/mol. The van der Waals surface area contributed by atoms with Gasteiger partial charge in [-0.1, -0.05) is 6.92 Å². The minimum atomic E-state index is -6.72. The number of quaternary nitrogens is 1. The number of piperidine rings is 1. The minimum Gasteiger partial charge on any atom is -0.421 e. The van der Waals surface area contributed by atoms with Gasteiger partial charge in [0, 0.05) is 13.0 Å². The van der Waals surface area contributed by atoms with Crippen molar-refractivity contribution >= 4 is 20.0 Å². The lowest BCUT2D eigenvalue weighted by atomic mass is 9.98. The Bertz CT molecular complexity index is 635. The van der Waals surface area contributed by atoms with Gasteiger partial charge >= 0.3 is 11.0 Å². The number of likely N-dealkylation sites (tertiary alicyclic amines) is 1. The fourth-order valence-electron chi connectivity index (χ4n) is 2.48. The van der Waals surface area contributed by atoms with Crippen LogP contribution in [0.25, 0.3) is 4.13 Å². The Morgan fingerprint density at radius 3 is 1.81 bits per heavy atom. The van der Waals surface area contributed by atoms with E-state index in [-0.39, 0.29) is 0 Å². The number of nitrogens with zero attached hydrogens (tertiary/aromatic N) is 2. The summed E-state index contributed by atoms with van der Waals surface area (Å²) in [6.07, 6.45) is 2.81. The second-order valence-corrected chi connectivity index (χ2v) is 9.83. The van der Waals surface area contributed by atoms with E-state index < -0.39 is 31.1 Å². The summed E-state index contributed by atoms with van der Waals surface area (Å²) < 4.78 is 116. The van der Waals surface area contributed by atoms with Crippen LogP contribution in [0.2, 0.25) is 0 Å². The van der Waals surface area contributed by atoms with Crippen LogP contribution in [0.4, 0.5) is 26.3 Å². The second kappa shape index (κ2) is 9.24. The van der Waals surface area contributed by atoms with Crippen LogP contribution in [0.15, 0.2) is 0 Å². The maximum Gasteiger partial charge on any atom is 0.480 e. The fraction of sp³-hybridized carbons (Fsp3) is 1.00. The van der Waals surface area contributed by atoms with Crippen molar-refractivity contribution in [3.63, 3.8) is 0 Å². The van der Waals surface area contributed by atoms with Crippen LogP contribution in [0.5, 0.6) is 0 Å². The molecule has 1 aliphatic heterocycles. The maximum absolute atomic E-state index is 11.4. The molecule has 1 fully saturated rings. The lowest BCUT2D eigenvalue weighted by Crippen LogP contribution is -2.52. The molecular weight excluding hydrogens is 430 g/mol. The van der Waals surface area contributed by atoms with Gasteiger partial charge in [-0.05, 0) is 12.8 Å². The highest BCUT2D eigenvalue weighted by Gasteiger charge is 2.46. The summed E-state index contributed by atoms with van der Waals surface area (Å²) in [6, 6.07) is 0. The Morgan fingerprint density at radius 2 is 1.48 bits per heavy atom. The van der Waals surface area contributed by atoms with E-state index in [1.54, 1.807) is 7.11 Å². The van der Waals surface area contributed by atoms with Crippen molar-refractivity contribution in [2.45, 2.75) is 30.8 Å². The predicted octanol–water partition coefficient (Wildman–Crippen LogP) is 2.57. The number of ether oxygens (including phenoxy) is 1. The molecule has 1 aliphatic rings. The molecule has 164 valence electrons. The Kier molecular flexibility index (Phi) is 9.02. The van der Waals surface area contributed by atoms with Gasteiger partial charge in [-0.2, -0.15) is 26.3 Å². The topological polar surface area (TPSA) is 91.6 Å². The van der Waals surface area contributed by atoms with Crippen LogP contribution in [-0.2, 0) is 24.8 Å². The molecular formula is C12H22F6N2O5S2. The zero-order chi connectivity index (χ0) is 21.7. The van der Waals surface area contributed by atoms with Gasteiger partial charge < -0.3 is 13.3 Å². The van der Waals surface area contributed by atoms with Crippen LogP contribution in [-0.4, -0.2) is 72.7 Å². The molecule has 0 aromatic carbocycles. The first kappa shape index (κ1) is 26.4. The average Bonchev–Trinajstić information content (AvgIpc) is 2.42. The third-order valence-corrected chi connectivity index (χ3v) is 6.50. The number of sulfonamides is 2. The molecule has 0 bridgehead atoms. The zero-order valence-electron chi connectivity index (χ0n) is 14.8. The number of rotatable bonds is 5. The number of hydrogen-bond donors (Lipinski definition) is 0. The molecule has 0 radical (unpaired) electrons. The zero-order valence-corrected chi connectivity index (χ0v) is 16.5. The van der Waals surface area contributed by atoms with E-state index in [0.29, 0.717) is 0 Å². The third kappa shape index (κ3) is 8.50. The Balaban J connectivity index is 0.000000511. The summed E-state index contributed by atoms with van der Waals surface area (Å²) in [5.41, 5.74) is -12.4. The van der Waals surface area contributed by atoms with Crippen LogP contribution in [0, 0.1) is 5.92 Å². The second-order valence-electron chi connectivity index (χ2n) is 6.41. The van der Waals surface area contributed by atoms with E-state index in [0.717, 1.165) is 16.7 Å². The van der Waals surface area contributed by atoms with Gasteiger partial charge in [0.15, 0.2) is 20.0 Å². The molecule has 27 heavy (non-hydrogen) atoms. The number of hydrogen-bond acceptors (Lipinski definition) is 5. The Hall–Kier alpha value is -0.640. The first-order valence-electron chi connectivity index (χ1n) is 7.56. The number of likely N-dealkylation sites (N-methyl/N-ethyl adjacent to an activating group) is 1. The van der Waals surface area contributed by atoms with E-state index in [4.69, 9.17) is 4.74 Å². The Labute approximate surface area is 154 Å². The molecule has 0 saturated carbocycles. The summed E-state index contributed by atoms with van der Waals surface area (Å²) in [7, 11) is -9.30. The first-order valence-corrected chi connectivity index (χ1v) is 10.4. The summed E-state index contributed by atoms with van der Waals surface area (Å²) >= 11 is 0. The van der Waals surface area contributed by atoms with E-state index in [2.05, 4.69) is 14.0 Å². The van der Waals surface area contributed by atoms with Crippen molar-refractivity contribution in [3.8, 4) is 0 Å². The number of alkyl halides is 6. The molecule has 0 amide bonds. The van der Waals surface area contributed by atoms with Crippen molar-refractivity contribution in [2.75, 3.05) is 40.4 Å². The van der Waals surface area contributed by atoms with Crippen molar-refractivity contribution in [1.82, 2.24) is 0 Å². The largest absolute Gasteiger partial charge is 0.480 e. The average molecular weight is 452 g/mol. The molecule has 2 atom stereocenters. The molecule has 1 heterocycles. The van der Waals surface area contributed by atoms with E-state index in [1.165, 1.54) is 37.0 Å². The van der Waals surface area contributed by atoms with E-state index >= 15 is 0 Å². The fourth-order valence-corrected chi connectivity index (χ4v) is 4.19. The molecule has 0 N–H and O–H groups in total. The van der Waals surface area contributed by atoms with Gasteiger partial charge in [0.2, 0.25) is 0 Å².